The van der Waals surface area contributed by atoms with Gasteiger partial charge in [0.15, 0.2) is 0 Å². The Labute approximate surface area is 185 Å². The summed E-state index contributed by atoms with van der Waals surface area (Å²) in [4.78, 5) is 15.4. The highest BCUT2D eigenvalue weighted by molar-refractivity contribution is 5.77. The van der Waals surface area contributed by atoms with E-state index in [9.17, 15) is 9.90 Å². The first-order valence-electron chi connectivity index (χ1n) is 11.4. The normalized spacial score (nSPS) is 18.5. The Kier molecular flexibility index (Phi) is 7.03. The fourth-order valence-electron chi connectivity index (χ4n) is 4.71. The van der Waals surface area contributed by atoms with Gasteiger partial charge >= 0.3 is 0 Å². The van der Waals surface area contributed by atoms with Crippen LogP contribution in [0.5, 0.6) is 5.75 Å². The van der Waals surface area contributed by atoms with Crippen LogP contribution in [0.2, 0.25) is 0 Å². The van der Waals surface area contributed by atoms with Crippen LogP contribution in [0.25, 0.3) is 0 Å². The summed E-state index contributed by atoms with van der Waals surface area (Å²) in [5.41, 5.74) is 3.70. The molecule has 1 saturated carbocycles. The number of benzene rings is 3. The molecule has 0 atom stereocenters. The molecule has 0 heterocycles. The third-order valence-electron chi connectivity index (χ3n) is 6.49. The molecule has 3 heteroatoms. The first-order valence-corrected chi connectivity index (χ1v) is 11.4. The van der Waals surface area contributed by atoms with E-state index in [1.165, 1.54) is 16.7 Å². The number of aryl methyl sites for hydroxylation is 1. The largest absolute Gasteiger partial charge is 0.508 e. The molecular formula is C28H31NO2. The molecular weight excluding hydrogens is 382 g/mol. The van der Waals surface area contributed by atoms with Crippen LogP contribution in [-0.4, -0.2) is 22.0 Å². The summed E-state index contributed by atoms with van der Waals surface area (Å²) in [7, 11) is 0. The minimum Gasteiger partial charge on any atom is -0.508 e. The Morgan fingerprint density at radius 2 is 1.35 bits per heavy atom. The van der Waals surface area contributed by atoms with Gasteiger partial charge in [0.05, 0.1) is 0 Å². The van der Waals surface area contributed by atoms with E-state index >= 15 is 0 Å². The Hall–Kier alpha value is -3.07. The lowest BCUT2D eigenvalue weighted by Gasteiger charge is -2.37. The molecule has 3 aromatic rings. The van der Waals surface area contributed by atoms with Crippen molar-refractivity contribution in [2.24, 2.45) is 0 Å². The zero-order valence-electron chi connectivity index (χ0n) is 18.0. The average molecular weight is 414 g/mol. The SMILES string of the molecule is O=C(CCc1ccccc1)N(Cc1ccccc1)C1CCC(c2ccc(O)cc2)CC1. The number of phenols is 1. The average Bonchev–Trinajstić information content (AvgIpc) is 2.83. The van der Waals surface area contributed by atoms with Crippen LogP contribution < -0.4 is 0 Å². The van der Waals surface area contributed by atoms with Crippen molar-refractivity contribution in [2.45, 2.75) is 57.0 Å². The van der Waals surface area contributed by atoms with Crippen molar-refractivity contribution in [3.8, 4) is 5.75 Å². The van der Waals surface area contributed by atoms with Crippen molar-refractivity contribution in [2.75, 3.05) is 0 Å². The van der Waals surface area contributed by atoms with Crippen LogP contribution in [0.15, 0.2) is 84.9 Å². The summed E-state index contributed by atoms with van der Waals surface area (Å²) in [6, 6.07) is 28.5. The van der Waals surface area contributed by atoms with Crippen molar-refractivity contribution in [3.63, 3.8) is 0 Å². The number of carbonyl (C=O) groups is 1. The van der Waals surface area contributed by atoms with Gasteiger partial charge in [0.1, 0.15) is 5.75 Å². The molecule has 3 nitrogen and oxygen atoms in total. The number of nitrogens with zero attached hydrogens (tertiary/aromatic N) is 1. The Morgan fingerprint density at radius 3 is 1.97 bits per heavy atom. The maximum Gasteiger partial charge on any atom is 0.223 e. The Morgan fingerprint density at radius 1 is 0.774 bits per heavy atom. The number of hydrogen-bond acceptors (Lipinski definition) is 2. The standard InChI is InChI=1S/C28H31NO2/c30-27-18-14-25(15-19-27)24-12-16-26(17-13-24)29(21-23-9-5-2-6-10-23)28(31)20-11-22-7-3-1-4-8-22/h1-10,14-15,18-19,24,26,30H,11-13,16-17,20-21H2. The lowest BCUT2D eigenvalue weighted by molar-refractivity contribution is -0.135. The van der Waals surface area contributed by atoms with Gasteiger partial charge in [0.2, 0.25) is 5.91 Å². The van der Waals surface area contributed by atoms with Gasteiger partial charge in [0, 0.05) is 19.0 Å². The fourth-order valence-corrected chi connectivity index (χ4v) is 4.71. The van der Waals surface area contributed by atoms with Crippen LogP contribution in [0, 0.1) is 0 Å². The van der Waals surface area contributed by atoms with E-state index < -0.39 is 0 Å². The molecule has 3 aromatic carbocycles. The minimum atomic E-state index is 0.251. The first-order chi connectivity index (χ1) is 15.2. The maximum absolute atomic E-state index is 13.3. The molecule has 1 fully saturated rings. The van der Waals surface area contributed by atoms with Crippen molar-refractivity contribution in [1.82, 2.24) is 4.90 Å². The third-order valence-corrected chi connectivity index (χ3v) is 6.49. The fraction of sp³-hybridized carbons (Fsp3) is 0.321. The highest BCUT2D eigenvalue weighted by atomic mass is 16.3. The van der Waals surface area contributed by atoms with Crippen molar-refractivity contribution < 1.29 is 9.90 Å². The number of amides is 1. The molecule has 1 aliphatic rings. The number of phenolic OH excluding ortho intramolecular Hbond substituents is 1. The second-order valence-electron chi connectivity index (χ2n) is 8.59. The van der Waals surface area contributed by atoms with Gasteiger partial charge in [-0.25, -0.2) is 0 Å². The molecule has 1 amide bonds. The molecule has 1 N–H and O–H groups in total. The maximum atomic E-state index is 13.3. The first kappa shape index (κ1) is 21.2. The van der Waals surface area contributed by atoms with E-state index in [1.54, 1.807) is 12.1 Å². The molecule has 4 rings (SSSR count). The van der Waals surface area contributed by atoms with Gasteiger partial charge in [-0.15, -0.1) is 0 Å². The molecule has 0 unspecified atom stereocenters. The summed E-state index contributed by atoms with van der Waals surface area (Å²) < 4.78 is 0. The van der Waals surface area contributed by atoms with Crippen LogP contribution in [0.4, 0.5) is 0 Å². The van der Waals surface area contributed by atoms with Gasteiger partial charge in [-0.1, -0.05) is 72.8 Å². The van der Waals surface area contributed by atoms with Gasteiger partial charge in [-0.2, -0.15) is 0 Å². The highest BCUT2D eigenvalue weighted by Gasteiger charge is 2.29. The minimum absolute atomic E-state index is 0.251. The lowest BCUT2D eigenvalue weighted by atomic mass is 9.81. The second kappa shape index (κ2) is 10.3. The van der Waals surface area contributed by atoms with Crippen molar-refractivity contribution >= 4 is 5.91 Å². The molecule has 1 aliphatic carbocycles. The highest BCUT2D eigenvalue weighted by Crippen LogP contribution is 2.36. The topological polar surface area (TPSA) is 40.5 Å². The lowest BCUT2D eigenvalue weighted by Crippen LogP contribution is -2.41. The van der Waals surface area contributed by atoms with E-state index in [4.69, 9.17) is 0 Å². The summed E-state index contributed by atoms with van der Waals surface area (Å²) in [6.45, 7) is 0.684. The van der Waals surface area contributed by atoms with Gasteiger partial charge in [-0.05, 0) is 66.8 Å². The molecule has 0 bridgehead atoms. The summed E-state index contributed by atoms with van der Waals surface area (Å²) in [5.74, 6) is 1.08. The van der Waals surface area contributed by atoms with Gasteiger partial charge in [-0.3, -0.25) is 4.79 Å². The van der Waals surface area contributed by atoms with Crippen LogP contribution in [0.3, 0.4) is 0 Å². The second-order valence-corrected chi connectivity index (χ2v) is 8.59. The summed E-state index contributed by atoms with van der Waals surface area (Å²) in [5, 5.41) is 9.56. The molecule has 0 radical (unpaired) electrons. The monoisotopic (exact) mass is 413 g/mol. The Balaban J connectivity index is 1.42. The molecule has 0 spiro atoms. The van der Waals surface area contributed by atoms with Gasteiger partial charge < -0.3 is 10.0 Å². The molecule has 0 aliphatic heterocycles. The third kappa shape index (κ3) is 5.75. The van der Waals surface area contributed by atoms with E-state index in [1.807, 2.05) is 48.5 Å². The zero-order valence-corrected chi connectivity index (χ0v) is 18.0. The van der Waals surface area contributed by atoms with Crippen LogP contribution in [0.1, 0.15) is 54.7 Å². The van der Waals surface area contributed by atoms with E-state index in [0.29, 0.717) is 24.6 Å². The van der Waals surface area contributed by atoms with Gasteiger partial charge in [0.25, 0.3) is 0 Å². The van der Waals surface area contributed by atoms with E-state index in [-0.39, 0.29) is 11.9 Å². The zero-order chi connectivity index (χ0) is 21.5. The Bertz CT molecular complexity index is 945. The number of rotatable bonds is 7. The van der Waals surface area contributed by atoms with Crippen LogP contribution >= 0.6 is 0 Å². The predicted molar refractivity (Wildman–Crippen MR) is 125 cm³/mol. The van der Waals surface area contributed by atoms with E-state index in [2.05, 4.69) is 29.2 Å². The smallest absolute Gasteiger partial charge is 0.223 e. The summed E-state index contributed by atoms with van der Waals surface area (Å²) >= 11 is 0. The number of hydrogen-bond donors (Lipinski definition) is 1. The molecule has 0 aromatic heterocycles. The van der Waals surface area contributed by atoms with Crippen molar-refractivity contribution in [3.05, 3.63) is 102 Å². The number of aromatic hydroxyl groups is 1. The van der Waals surface area contributed by atoms with Crippen molar-refractivity contribution in [1.29, 1.82) is 0 Å². The summed E-state index contributed by atoms with van der Waals surface area (Å²) in [6.07, 6.45) is 5.53. The van der Waals surface area contributed by atoms with Crippen LogP contribution in [-0.2, 0) is 17.8 Å². The molecule has 31 heavy (non-hydrogen) atoms. The predicted octanol–water partition coefficient (Wildman–Crippen LogP) is 6.08. The quantitative estimate of drug-likeness (QED) is 0.510. The van der Waals surface area contributed by atoms with E-state index in [0.717, 1.165) is 32.1 Å². The number of carbonyl (C=O) groups excluding carboxylic acids is 1. The molecule has 0 saturated heterocycles. The molecule has 160 valence electrons.